The van der Waals surface area contributed by atoms with Gasteiger partial charge in [0.2, 0.25) is 0 Å². The van der Waals surface area contributed by atoms with E-state index in [4.69, 9.17) is 4.74 Å². The van der Waals surface area contributed by atoms with Crippen molar-refractivity contribution in [2.24, 2.45) is 0 Å². The molecule has 2 heterocycles. The number of anilines is 2. The first-order valence-corrected chi connectivity index (χ1v) is 7.67. The van der Waals surface area contributed by atoms with E-state index in [-0.39, 0.29) is 6.03 Å². The van der Waals surface area contributed by atoms with Crippen molar-refractivity contribution in [3.8, 4) is 0 Å². The molecule has 1 aliphatic heterocycles. The Bertz CT molecular complexity index is 667. The molecule has 0 spiro atoms. The van der Waals surface area contributed by atoms with Gasteiger partial charge in [-0.1, -0.05) is 19.9 Å². The molecule has 0 aliphatic carbocycles. The SMILES string of the molecule is CC(C)c1cnc(NC(=O)Nc2ccc3c(c2)COC3)s1. The van der Waals surface area contributed by atoms with Gasteiger partial charge < -0.3 is 10.1 Å². The Balaban J connectivity index is 1.63. The van der Waals surface area contributed by atoms with Crippen LogP contribution in [0.5, 0.6) is 0 Å². The summed E-state index contributed by atoms with van der Waals surface area (Å²) >= 11 is 1.50. The van der Waals surface area contributed by atoms with Gasteiger partial charge in [0, 0.05) is 16.8 Å². The summed E-state index contributed by atoms with van der Waals surface area (Å²) in [6.07, 6.45) is 1.80. The second-order valence-corrected chi connectivity index (χ2v) is 6.34. The maximum atomic E-state index is 12.0. The fourth-order valence-electron chi connectivity index (χ4n) is 2.12. The molecule has 0 bridgehead atoms. The molecule has 0 fully saturated rings. The van der Waals surface area contributed by atoms with E-state index in [1.807, 2.05) is 18.2 Å². The standard InChI is InChI=1S/C15H17N3O2S/c1-9(2)13-6-16-15(21-13)18-14(19)17-12-4-3-10-7-20-8-11(10)5-12/h3-6,9H,7-8H2,1-2H3,(H2,16,17,18,19). The lowest BCUT2D eigenvalue weighted by Gasteiger charge is -2.07. The Hall–Kier alpha value is -1.92. The summed E-state index contributed by atoms with van der Waals surface area (Å²) in [7, 11) is 0. The number of fused-ring (bicyclic) bond motifs is 1. The Kier molecular flexibility index (Phi) is 3.90. The highest BCUT2D eigenvalue weighted by molar-refractivity contribution is 7.15. The zero-order valence-electron chi connectivity index (χ0n) is 12.0. The van der Waals surface area contributed by atoms with Gasteiger partial charge in [0.15, 0.2) is 5.13 Å². The van der Waals surface area contributed by atoms with Crippen molar-refractivity contribution in [3.63, 3.8) is 0 Å². The van der Waals surface area contributed by atoms with Crippen LogP contribution < -0.4 is 10.6 Å². The van der Waals surface area contributed by atoms with Crippen LogP contribution in [0.4, 0.5) is 15.6 Å². The molecule has 1 aliphatic rings. The lowest BCUT2D eigenvalue weighted by molar-refractivity contribution is 0.134. The van der Waals surface area contributed by atoms with Gasteiger partial charge in [0.25, 0.3) is 0 Å². The van der Waals surface area contributed by atoms with Crippen LogP contribution >= 0.6 is 11.3 Å². The molecule has 0 saturated carbocycles. The summed E-state index contributed by atoms with van der Waals surface area (Å²) in [5.41, 5.74) is 3.07. The van der Waals surface area contributed by atoms with Crippen LogP contribution in [0.3, 0.4) is 0 Å². The molecule has 0 saturated heterocycles. The molecular formula is C15H17N3O2S. The minimum atomic E-state index is -0.279. The maximum Gasteiger partial charge on any atom is 0.325 e. The molecule has 5 nitrogen and oxygen atoms in total. The molecule has 0 unspecified atom stereocenters. The summed E-state index contributed by atoms with van der Waals surface area (Å²) in [5.74, 6) is 0.415. The van der Waals surface area contributed by atoms with Gasteiger partial charge in [-0.2, -0.15) is 0 Å². The van der Waals surface area contributed by atoms with Gasteiger partial charge in [0.1, 0.15) is 0 Å². The number of carbonyl (C=O) groups is 1. The second kappa shape index (κ2) is 5.83. The molecule has 1 aromatic carbocycles. The van der Waals surface area contributed by atoms with Crippen molar-refractivity contribution in [2.45, 2.75) is 33.0 Å². The Labute approximate surface area is 127 Å². The normalized spacial score (nSPS) is 13.3. The maximum absolute atomic E-state index is 12.0. The third-order valence-corrected chi connectivity index (χ3v) is 4.51. The molecule has 0 atom stereocenters. The summed E-state index contributed by atoms with van der Waals surface area (Å²) < 4.78 is 5.36. The topological polar surface area (TPSA) is 63.2 Å². The van der Waals surface area contributed by atoms with E-state index in [9.17, 15) is 4.79 Å². The number of carbonyl (C=O) groups excluding carboxylic acids is 1. The molecule has 3 rings (SSSR count). The molecule has 2 amide bonds. The zero-order chi connectivity index (χ0) is 14.8. The highest BCUT2D eigenvalue weighted by Gasteiger charge is 2.13. The van der Waals surface area contributed by atoms with Gasteiger partial charge in [-0.05, 0) is 29.2 Å². The zero-order valence-corrected chi connectivity index (χ0v) is 12.8. The summed E-state index contributed by atoms with van der Waals surface area (Å²) in [6.45, 7) is 5.46. The van der Waals surface area contributed by atoms with Crippen LogP contribution in [0.2, 0.25) is 0 Å². The van der Waals surface area contributed by atoms with E-state index in [0.29, 0.717) is 24.3 Å². The summed E-state index contributed by atoms with van der Waals surface area (Å²) in [6, 6.07) is 5.54. The molecule has 0 radical (unpaired) electrons. The quantitative estimate of drug-likeness (QED) is 0.902. The lowest BCUT2D eigenvalue weighted by Crippen LogP contribution is -2.19. The Morgan fingerprint density at radius 2 is 2.10 bits per heavy atom. The number of hydrogen-bond acceptors (Lipinski definition) is 4. The second-order valence-electron chi connectivity index (χ2n) is 5.28. The molecule has 6 heteroatoms. The van der Waals surface area contributed by atoms with Crippen LogP contribution in [-0.4, -0.2) is 11.0 Å². The van der Waals surface area contributed by atoms with Crippen molar-refractivity contribution in [2.75, 3.05) is 10.6 Å². The monoisotopic (exact) mass is 303 g/mol. The minimum absolute atomic E-state index is 0.279. The first kappa shape index (κ1) is 14.0. The number of urea groups is 1. The predicted octanol–water partition coefficient (Wildman–Crippen LogP) is 3.94. The molecule has 2 aromatic rings. The highest BCUT2D eigenvalue weighted by atomic mass is 32.1. The molecule has 21 heavy (non-hydrogen) atoms. The smallest absolute Gasteiger partial charge is 0.325 e. The molecule has 1 aromatic heterocycles. The minimum Gasteiger partial charge on any atom is -0.372 e. The van der Waals surface area contributed by atoms with E-state index in [1.165, 1.54) is 16.9 Å². The highest BCUT2D eigenvalue weighted by Crippen LogP contribution is 2.26. The van der Waals surface area contributed by atoms with Crippen molar-refractivity contribution in [3.05, 3.63) is 40.4 Å². The first-order chi connectivity index (χ1) is 10.1. The van der Waals surface area contributed by atoms with Crippen molar-refractivity contribution in [1.29, 1.82) is 0 Å². The van der Waals surface area contributed by atoms with Gasteiger partial charge >= 0.3 is 6.03 Å². The Morgan fingerprint density at radius 3 is 2.86 bits per heavy atom. The van der Waals surface area contributed by atoms with Crippen molar-refractivity contribution in [1.82, 2.24) is 4.98 Å². The third-order valence-electron chi connectivity index (χ3n) is 3.29. The lowest BCUT2D eigenvalue weighted by atomic mass is 10.1. The number of aromatic nitrogens is 1. The number of benzene rings is 1. The van der Waals surface area contributed by atoms with Crippen molar-refractivity contribution >= 4 is 28.2 Å². The summed E-state index contributed by atoms with van der Waals surface area (Å²) in [4.78, 5) is 17.3. The van der Waals surface area contributed by atoms with Crippen LogP contribution in [-0.2, 0) is 18.0 Å². The van der Waals surface area contributed by atoms with E-state index in [0.717, 1.165) is 16.1 Å². The third kappa shape index (κ3) is 3.22. The van der Waals surface area contributed by atoms with Crippen LogP contribution in [0, 0.1) is 0 Å². The largest absolute Gasteiger partial charge is 0.372 e. The number of rotatable bonds is 3. The first-order valence-electron chi connectivity index (χ1n) is 6.85. The van der Waals surface area contributed by atoms with Crippen LogP contribution in [0.25, 0.3) is 0 Å². The number of hydrogen-bond donors (Lipinski definition) is 2. The number of amides is 2. The average molecular weight is 303 g/mol. The van der Waals surface area contributed by atoms with Gasteiger partial charge in [0.05, 0.1) is 13.2 Å². The van der Waals surface area contributed by atoms with Crippen LogP contribution in [0.15, 0.2) is 24.4 Å². The molecule has 2 N–H and O–H groups in total. The predicted molar refractivity (Wildman–Crippen MR) is 83.8 cm³/mol. The summed E-state index contributed by atoms with van der Waals surface area (Å²) in [5, 5.41) is 6.19. The molecular weight excluding hydrogens is 286 g/mol. The number of thiazole rings is 1. The van der Waals surface area contributed by atoms with E-state index in [2.05, 4.69) is 29.5 Å². The fourth-order valence-corrected chi connectivity index (χ4v) is 2.93. The van der Waals surface area contributed by atoms with E-state index >= 15 is 0 Å². The average Bonchev–Trinajstić information content (AvgIpc) is 3.06. The van der Waals surface area contributed by atoms with Gasteiger partial charge in [-0.25, -0.2) is 9.78 Å². The van der Waals surface area contributed by atoms with E-state index < -0.39 is 0 Å². The van der Waals surface area contributed by atoms with Crippen molar-refractivity contribution < 1.29 is 9.53 Å². The van der Waals surface area contributed by atoms with Crippen LogP contribution in [0.1, 0.15) is 35.8 Å². The number of nitrogens with zero attached hydrogens (tertiary/aromatic N) is 1. The number of nitrogens with one attached hydrogen (secondary N) is 2. The number of ether oxygens (including phenoxy) is 1. The molecule has 110 valence electrons. The van der Waals surface area contributed by atoms with Gasteiger partial charge in [-0.3, -0.25) is 5.32 Å². The van der Waals surface area contributed by atoms with E-state index in [1.54, 1.807) is 6.20 Å². The fraction of sp³-hybridized carbons (Fsp3) is 0.333. The van der Waals surface area contributed by atoms with Gasteiger partial charge in [-0.15, -0.1) is 11.3 Å². The Morgan fingerprint density at radius 1 is 1.29 bits per heavy atom.